The van der Waals surface area contributed by atoms with Crippen molar-refractivity contribution < 1.29 is 19.1 Å². The van der Waals surface area contributed by atoms with Gasteiger partial charge in [0.1, 0.15) is 5.75 Å². The fraction of sp³-hybridized carbons (Fsp3) is 0.100. The highest BCUT2D eigenvalue weighted by Gasteiger charge is 2.12. The van der Waals surface area contributed by atoms with Crippen molar-refractivity contribution in [3.63, 3.8) is 0 Å². The number of thiazole rings is 1. The van der Waals surface area contributed by atoms with E-state index in [1.165, 1.54) is 17.4 Å². The summed E-state index contributed by atoms with van der Waals surface area (Å²) < 4.78 is 5.13. The van der Waals surface area contributed by atoms with Crippen LogP contribution < -0.4 is 15.4 Å². The van der Waals surface area contributed by atoms with Crippen molar-refractivity contribution >= 4 is 39.9 Å². The number of carbonyl (C=O) groups is 3. The minimum atomic E-state index is -0.383. The summed E-state index contributed by atoms with van der Waals surface area (Å²) in [5.74, 6) is -0.779. The molecule has 2 aromatic carbocycles. The van der Waals surface area contributed by atoms with Crippen LogP contribution in [-0.2, 0) is 4.79 Å². The lowest BCUT2D eigenvalue weighted by Gasteiger charge is -2.09. The largest absolute Gasteiger partial charge is 0.427 e. The van der Waals surface area contributed by atoms with Gasteiger partial charge in [0.05, 0.1) is 0 Å². The first kappa shape index (κ1) is 19.2. The molecular weight excluding hydrogens is 378 g/mol. The Hall–Kier alpha value is -3.52. The zero-order valence-electron chi connectivity index (χ0n) is 15.0. The Kier molecular flexibility index (Phi) is 6.13. The van der Waals surface area contributed by atoms with E-state index in [1.807, 2.05) is 0 Å². The number of amides is 2. The summed E-state index contributed by atoms with van der Waals surface area (Å²) in [4.78, 5) is 40.2. The molecule has 142 valence electrons. The second kappa shape index (κ2) is 8.92. The lowest BCUT2D eigenvalue weighted by Crippen LogP contribution is -2.15. The van der Waals surface area contributed by atoms with Gasteiger partial charge in [-0.3, -0.25) is 19.7 Å². The molecule has 0 aliphatic carbocycles. The Morgan fingerprint density at radius 1 is 1.00 bits per heavy atom. The molecule has 0 fully saturated rings. The summed E-state index contributed by atoms with van der Waals surface area (Å²) >= 11 is 1.32. The number of carbonyl (C=O) groups excluding carboxylic acids is 3. The van der Waals surface area contributed by atoms with Gasteiger partial charge in [0, 0.05) is 34.8 Å². The van der Waals surface area contributed by atoms with Crippen molar-refractivity contribution in [1.29, 1.82) is 0 Å². The molecule has 0 aliphatic rings. The summed E-state index contributed by atoms with van der Waals surface area (Å²) in [7, 11) is 0. The van der Waals surface area contributed by atoms with Gasteiger partial charge in [0.25, 0.3) is 11.8 Å². The van der Waals surface area contributed by atoms with Gasteiger partial charge in [-0.05, 0) is 36.4 Å². The van der Waals surface area contributed by atoms with E-state index in [0.717, 1.165) is 0 Å². The van der Waals surface area contributed by atoms with Crippen LogP contribution in [-0.4, -0.2) is 22.8 Å². The van der Waals surface area contributed by atoms with Gasteiger partial charge in [-0.15, -0.1) is 11.3 Å². The lowest BCUT2D eigenvalue weighted by atomic mass is 10.1. The normalized spacial score (nSPS) is 10.2. The van der Waals surface area contributed by atoms with Crippen molar-refractivity contribution in [2.24, 2.45) is 0 Å². The Morgan fingerprint density at radius 2 is 1.71 bits per heavy atom. The molecule has 1 heterocycles. The van der Waals surface area contributed by atoms with Gasteiger partial charge in [-0.1, -0.05) is 19.1 Å². The SMILES string of the molecule is CCC(=O)Oc1cccc(C(=O)Nc2cccc(C(=O)Nc3nccs3)c2)c1. The van der Waals surface area contributed by atoms with Gasteiger partial charge in [-0.2, -0.15) is 0 Å². The van der Waals surface area contributed by atoms with E-state index in [-0.39, 0.29) is 24.2 Å². The van der Waals surface area contributed by atoms with E-state index in [4.69, 9.17) is 4.74 Å². The van der Waals surface area contributed by atoms with Crippen molar-refractivity contribution in [2.45, 2.75) is 13.3 Å². The topological polar surface area (TPSA) is 97.4 Å². The number of aromatic nitrogens is 1. The quantitative estimate of drug-likeness (QED) is 0.486. The molecule has 0 bridgehead atoms. The van der Waals surface area contributed by atoms with E-state index in [2.05, 4.69) is 15.6 Å². The second-order valence-electron chi connectivity index (χ2n) is 5.68. The summed E-state index contributed by atoms with van der Waals surface area (Å²) in [6, 6.07) is 12.9. The number of benzene rings is 2. The molecule has 0 unspecified atom stereocenters. The summed E-state index contributed by atoms with van der Waals surface area (Å²) in [6.07, 6.45) is 1.84. The van der Waals surface area contributed by atoms with E-state index in [9.17, 15) is 14.4 Å². The molecule has 3 aromatic rings. The number of esters is 1. The molecule has 0 atom stereocenters. The van der Waals surface area contributed by atoms with Crippen LogP contribution in [0.1, 0.15) is 34.1 Å². The maximum Gasteiger partial charge on any atom is 0.310 e. The third-order valence-corrected chi connectivity index (χ3v) is 4.34. The number of anilines is 2. The first-order valence-corrected chi connectivity index (χ1v) is 9.36. The van der Waals surface area contributed by atoms with Crippen LogP contribution in [0.4, 0.5) is 10.8 Å². The fourth-order valence-electron chi connectivity index (χ4n) is 2.30. The molecule has 3 rings (SSSR count). The first-order valence-electron chi connectivity index (χ1n) is 8.48. The van der Waals surface area contributed by atoms with Crippen LogP contribution in [0, 0.1) is 0 Å². The zero-order chi connectivity index (χ0) is 19.9. The van der Waals surface area contributed by atoms with Crippen LogP contribution in [0.5, 0.6) is 5.75 Å². The van der Waals surface area contributed by atoms with Crippen molar-refractivity contribution in [1.82, 2.24) is 4.98 Å². The van der Waals surface area contributed by atoms with E-state index >= 15 is 0 Å². The van der Waals surface area contributed by atoms with Crippen LogP contribution in [0.15, 0.2) is 60.1 Å². The third kappa shape index (κ3) is 5.01. The summed E-state index contributed by atoms with van der Waals surface area (Å²) in [6.45, 7) is 1.69. The zero-order valence-corrected chi connectivity index (χ0v) is 15.8. The van der Waals surface area contributed by atoms with Gasteiger partial charge in [0.15, 0.2) is 5.13 Å². The van der Waals surface area contributed by atoms with Gasteiger partial charge >= 0.3 is 5.97 Å². The molecule has 2 N–H and O–H groups in total. The molecule has 2 amide bonds. The molecule has 0 spiro atoms. The number of ether oxygens (including phenoxy) is 1. The maximum atomic E-state index is 12.5. The number of nitrogens with one attached hydrogen (secondary N) is 2. The van der Waals surface area contributed by atoms with Gasteiger partial charge < -0.3 is 10.1 Å². The molecule has 7 nitrogen and oxygen atoms in total. The Labute approximate surface area is 165 Å². The van der Waals surface area contributed by atoms with E-state index in [1.54, 1.807) is 61.0 Å². The highest BCUT2D eigenvalue weighted by molar-refractivity contribution is 7.13. The Morgan fingerprint density at radius 3 is 2.43 bits per heavy atom. The monoisotopic (exact) mass is 395 g/mol. The van der Waals surface area contributed by atoms with Crippen LogP contribution >= 0.6 is 11.3 Å². The number of hydrogen-bond acceptors (Lipinski definition) is 6. The third-order valence-electron chi connectivity index (χ3n) is 3.65. The Bertz CT molecular complexity index is 1000. The van der Waals surface area contributed by atoms with Crippen molar-refractivity contribution in [3.8, 4) is 5.75 Å². The number of hydrogen-bond donors (Lipinski definition) is 2. The van der Waals surface area contributed by atoms with E-state index in [0.29, 0.717) is 27.7 Å². The van der Waals surface area contributed by atoms with Crippen LogP contribution in [0.25, 0.3) is 0 Å². The molecular formula is C20H17N3O4S. The molecule has 1 aromatic heterocycles. The fourth-order valence-corrected chi connectivity index (χ4v) is 2.82. The molecule has 0 saturated heterocycles. The van der Waals surface area contributed by atoms with Gasteiger partial charge in [0.2, 0.25) is 0 Å². The number of nitrogens with zero attached hydrogens (tertiary/aromatic N) is 1. The van der Waals surface area contributed by atoms with Crippen LogP contribution in [0.3, 0.4) is 0 Å². The minimum absolute atomic E-state index is 0.242. The molecule has 0 radical (unpaired) electrons. The highest BCUT2D eigenvalue weighted by atomic mass is 32.1. The smallest absolute Gasteiger partial charge is 0.310 e. The summed E-state index contributed by atoms with van der Waals surface area (Å²) in [5, 5.41) is 7.68. The Balaban J connectivity index is 1.70. The number of rotatable bonds is 6. The predicted octanol–water partition coefficient (Wildman–Crippen LogP) is 3.96. The molecule has 0 aliphatic heterocycles. The van der Waals surface area contributed by atoms with Crippen molar-refractivity contribution in [2.75, 3.05) is 10.6 Å². The van der Waals surface area contributed by atoms with Crippen molar-refractivity contribution in [3.05, 3.63) is 71.2 Å². The highest BCUT2D eigenvalue weighted by Crippen LogP contribution is 2.18. The molecule has 0 saturated carbocycles. The average Bonchev–Trinajstić information content (AvgIpc) is 3.21. The molecule has 8 heteroatoms. The standard InChI is InChI=1S/C20H17N3O4S/c1-2-17(24)27-16-8-4-6-14(12-16)18(25)22-15-7-3-5-13(11-15)19(26)23-20-21-9-10-28-20/h3-12H,2H2,1H3,(H,22,25)(H,21,23,26). The second-order valence-corrected chi connectivity index (χ2v) is 6.58. The van der Waals surface area contributed by atoms with E-state index < -0.39 is 0 Å². The lowest BCUT2D eigenvalue weighted by molar-refractivity contribution is -0.134. The maximum absolute atomic E-state index is 12.5. The molecule has 28 heavy (non-hydrogen) atoms. The van der Waals surface area contributed by atoms with Gasteiger partial charge in [-0.25, -0.2) is 4.98 Å². The van der Waals surface area contributed by atoms with Crippen LogP contribution in [0.2, 0.25) is 0 Å². The minimum Gasteiger partial charge on any atom is -0.427 e. The first-order chi connectivity index (χ1) is 13.5. The summed E-state index contributed by atoms with van der Waals surface area (Å²) in [5.41, 5.74) is 1.19. The average molecular weight is 395 g/mol. The predicted molar refractivity (Wildman–Crippen MR) is 107 cm³/mol.